The molecule has 0 atom stereocenters. The van der Waals surface area contributed by atoms with Gasteiger partial charge in [-0.1, -0.05) is 6.92 Å². The molecule has 0 spiro atoms. The van der Waals surface area contributed by atoms with Gasteiger partial charge in [-0.2, -0.15) is 18.4 Å². The van der Waals surface area contributed by atoms with Crippen LogP contribution in [0.25, 0.3) is 0 Å². The number of hydrogen-bond donors (Lipinski definition) is 0. The number of alkyl halides is 3. The molecule has 3 nitrogen and oxygen atoms in total. The minimum Gasteiger partial charge on any atom is -0.360 e. The Balaban J connectivity index is 1.92. The normalized spacial score (nSPS) is 32.5. The van der Waals surface area contributed by atoms with E-state index in [1.165, 1.54) is 0 Å². The minimum atomic E-state index is -4.32. The highest BCUT2D eigenvalue weighted by molar-refractivity contribution is 5.06. The van der Waals surface area contributed by atoms with Crippen LogP contribution in [0.5, 0.6) is 0 Å². The highest BCUT2D eigenvalue weighted by atomic mass is 19.4. The molecule has 0 aromatic carbocycles. The molecule has 2 aliphatic rings. The zero-order chi connectivity index (χ0) is 16.6. The summed E-state index contributed by atoms with van der Waals surface area (Å²) < 4.78 is 45.1. The Kier molecular flexibility index (Phi) is 4.79. The summed E-state index contributed by atoms with van der Waals surface area (Å²) in [6, 6.07) is 2.41. The lowest BCUT2D eigenvalue weighted by Crippen LogP contribution is -2.73. The van der Waals surface area contributed by atoms with Crippen molar-refractivity contribution in [3.05, 3.63) is 0 Å². The third-order valence-corrected chi connectivity index (χ3v) is 5.08. The van der Waals surface area contributed by atoms with Gasteiger partial charge in [-0.15, -0.1) is 0 Å². The number of ether oxygens (including phenoxy) is 1. The van der Waals surface area contributed by atoms with Gasteiger partial charge in [-0.25, -0.2) is 0 Å². The van der Waals surface area contributed by atoms with Crippen molar-refractivity contribution in [2.45, 2.75) is 76.8 Å². The lowest BCUT2D eigenvalue weighted by Gasteiger charge is -2.55. The quantitative estimate of drug-likeness (QED) is 0.789. The second-order valence-corrected chi connectivity index (χ2v) is 7.44. The van der Waals surface area contributed by atoms with Crippen LogP contribution in [0, 0.1) is 16.7 Å². The number of hydrogen-bond acceptors (Lipinski definition) is 3. The predicted molar refractivity (Wildman–Crippen MR) is 77.2 cm³/mol. The van der Waals surface area contributed by atoms with Crippen LogP contribution >= 0.6 is 0 Å². The van der Waals surface area contributed by atoms with E-state index < -0.39 is 17.9 Å². The van der Waals surface area contributed by atoms with E-state index in [-0.39, 0.29) is 24.5 Å². The van der Waals surface area contributed by atoms with Gasteiger partial charge in [-0.05, 0) is 44.9 Å². The Morgan fingerprint density at radius 1 is 1.27 bits per heavy atom. The number of likely N-dealkylation sites (tertiary alicyclic amines) is 1. The Hall–Kier alpha value is -0.800. The third-order valence-electron chi connectivity index (χ3n) is 5.08. The lowest BCUT2D eigenvalue weighted by atomic mass is 9.71. The summed E-state index contributed by atoms with van der Waals surface area (Å²) in [5.74, 6) is 0. The maximum absolute atomic E-state index is 13.3. The van der Waals surface area contributed by atoms with Gasteiger partial charge >= 0.3 is 6.18 Å². The van der Waals surface area contributed by atoms with E-state index in [1.807, 2.05) is 4.90 Å². The van der Waals surface area contributed by atoms with Crippen molar-refractivity contribution in [1.82, 2.24) is 4.90 Å². The first-order valence-electron chi connectivity index (χ1n) is 7.96. The predicted octanol–water partition coefficient (Wildman–Crippen LogP) is 3.89. The Morgan fingerprint density at radius 2 is 1.82 bits per heavy atom. The van der Waals surface area contributed by atoms with Crippen molar-refractivity contribution in [3.8, 4) is 6.07 Å². The lowest BCUT2D eigenvalue weighted by molar-refractivity contribution is -0.332. The van der Waals surface area contributed by atoms with E-state index in [2.05, 4.69) is 13.0 Å². The SMILES string of the molecule is CC(C)OC1(C(F)(F)F)CN([C@H]2CC[C@@](C)(CC#N)CC2)C1. The van der Waals surface area contributed by atoms with E-state index in [0.717, 1.165) is 25.7 Å². The summed E-state index contributed by atoms with van der Waals surface area (Å²) >= 11 is 0. The Bertz CT molecular complexity index is 428. The molecule has 0 aromatic rings. The van der Waals surface area contributed by atoms with Crippen LogP contribution in [0.4, 0.5) is 13.2 Å². The molecule has 1 saturated heterocycles. The van der Waals surface area contributed by atoms with Crippen molar-refractivity contribution in [2.75, 3.05) is 13.1 Å². The molecule has 0 aromatic heterocycles. The number of halogens is 3. The topological polar surface area (TPSA) is 36.3 Å². The second-order valence-electron chi connectivity index (χ2n) is 7.44. The van der Waals surface area contributed by atoms with E-state index >= 15 is 0 Å². The second kappa shape index (κ2) is 6.01. The average molecular weight is 318 g/mol. The van der Waals surface area contributed by atoms with Gasteiger partial charge in [0.15, 0.2) is 5.60 Å². The van der Waals surface area contributed by atoms with Crippen molar-refractivity contribution in [2.24, 2.45) is 5.41 Å². The van der Waals surface area contributed by atoms with Crippen LogP contribution in [0.3, 0.4) is 0 Å². The molecule has 22 heavy (non-hydrogen) atoms. The monoisotopic (exact) mass is 318 g/mol. The molecule has 2 rings (SSSR count). The molecule has 0 bridgehead atoms. The first kappa shape index (κ1) is 17.6. The summed E-state index contributed by atoms with van der Waals surface area (Å²) in [5, 5.41) is 8.86. The van der Waals surface area contributed by atoms with Crippen molar-refractivity contribution in [3.63, 3.8) is 0 Å². The molecule has 2 fully saturated rings. The highest BCUT2D eigenvalue weighted by Gasteiger charge is 2.64. The van der Waals surface area contributed by atoms with Gasteiger partial charge in [0.05, 0.1) is 12.2 Å². The van der Waals surface area contributed by atoms with Crippen LogP contribution in [0.2, 0.25) is 0 Å². The van der Waals surface area contributed by atoms with Gasteiger partial charge in [0.1, 0.15) is 0 Å². The van der Waals surface area contributed by atoms with Crippen LogP contribution < -0.4 is 0 Å². The van der Waals surface area contributed by atoms with Gasteiger partial charge in [0.25, 0.3) is 0 Å². The molecule has 1 heterocycles. The van der Waals surface area contributed by atoms with Crippen LogP contribution in [0.1, 0.15) is 52.9 Å². The average Bonchev–Trinajstić information content (AvgIpc) is 2.33. The molecule has 1 saturated carbocycles. The summed E-state index contributed by atoms with van der Waals surface area (Å²) in [6.07, 6.45) is -0.673. The van der Waals surface area contributed by atoms with Crippen LogP contribution in [0.15, 0.2) is 0 Å². The van der Waals surface area contributed by atoms with Crippen LogP contribution in [-0.4, -0.2) is 41.9 Å². The molecule has 0 radical (unpaired) electrons. The zero-order valence-corrected chi connectivity index (χ0v) is 13.5. The fourth-order valence-electron chi connectivity index (χ4n) is 3.67. The smallest absolute Gasteiger partial charge is 0.360 e. The standard InChI is InChI=1S/C16H25F3N2O/c1-12(2)22-15(16(17,18)19)10-21(11-15)13-4-6-14(3,7-5-13)8-9-20/h12-13H,4-8,10-11H2,1-3H3/t13-,14+. The highest BCUT2D eigenvalue weighted by Crippen LogP contribution is 2.46. The first-order chi connectivity index (χ1) is 10.1. The molecule has 0 N–H and O–H groups in total. The molecular weight excluding hydrogens is 293 g/mol. The molecule has 126 valence electrons. The van der Waals surface area contributed by atoms with Gasteiger partial charge in [-0.3, -0.25) is 4.90 Å². The summed E-state index contributed by atoms with van der Waals surface area (Å²) in [5.41, 5.74) is -1.96. The Morgan fingerprint density at radius 3 is 2.23 bits per heavy atom. The summed E-state index contributed by atoms with van der Waals surface area (Å²) in [6.45, 7) is 5.27. The fourth-order valence-corrected chi connectivity index (χ4v) is 3.67. The molecule has 1 aliphatic carbocycles. The van der Waals surface area contributed by atoms with Gasteiger partial charge < -0.3 is 4.74 Å². The number of nitriles is 1. The van der Waals surface area contributed by atoms with E-state index in [9.17, 15) is 13.2 Å². The molecule has 6 heteroatoms. The maximum atomic E-state index is 13.3. The fraction of sp³-hybridized carbons (Fsp3) is 0.938. The molecular formula is C16H25F3N2O. The number of nitrogens with zero attached hydrogens (tertiary/aromatic N) is 2. The Labute approximate surface area is 130 Å². The molecule has 1 aliphatic heterocycles. The number of rotatable bonds is 4. The first-order valence-corrected chi connectivity index (χ1v) is 7.96. The maximum Gasteiger partial charge on any atom is 0.419 e. The van der Waals surface area contributed by atoms with Gasteiger partial charge in [0.2, 0.25) is 0 Å². The van der Waals surface area contributed by atoms with E-state index in [1.54, 1.807) is 13.8 Å². The summed E-state index contributed by atoms with van der Waals surface area (Å²) in [4.78, 5) is 1.90. The minimum absolute atomic E-state index is 0.0334. The van der Waals surface area contributed by atoms with E-state index in [0.29, 0.717) is 6.42 Å². The zero-order valence-electron chi connectivity index (χ0n) is 13.5. The van der Waals surface area contributed by atoms with E-state index in [4.69, 9.17) is 10.00 Å². The molecule has 0 unspecified atom stereocenters. The van der Waals surface area contributed by atoms with Crippen molar-refractivity contribution in [1.29, 1.82) is 5.26 Å². The van der Waals surface area contributed by atoms with Crippen molar-refractivity contribution < 1.29 is 17.9 Å². The van der Waals surface area contributed by atoms with Crippen molar-refractivity contribution >= 4 is 0 Å². The third kappa shape index (κ3) is 3.41. The molecule has 0 amide bonds. The largest absolute Gasteiger partial charge is 0.419 e. The van der Waals surface area contributed by atoms with Crippen LogP contribution in [-0.2, 0) is 4.74 Å². The van der Waals surface area contributed by atoms with Gasteiger partial charge in [0, 0.05) is 25.6 Å². The summed E-state index contributed by atoms with van der Waals surface area (Å²) in [7, 11) is 0.